The van der Waals surface area contributed by atoms with Crippen molar-refractivity contribution in [3.63, 3.8) is 0 Å². The third-order valence-electron chi connectivity index (χ3n) is 2.68. The minimum Gasteiger partial charge on any atom is -0.325 e. The van der Waals surface area contributed by atoms with Crippen molar-refractivity contribution in [2.24, 2.45) is 0 Å². The SMILES string of the molecule is CCCCCS(=O)(=O)CC(=O)Nc1cc(F)c(I)c(F)c1. The molecule has 21 heavy (non-hydrogen) atoms. The van der Waals surface area contributed by atoms with E-state index < -0.39 is 33.1 Å². The van der Waals surface area contributed by atoms with E-state index in [4.69, 9.17) is 0 Å². The number of unbranched alkanes of at least 4 members (excludes halogenated alkanes) is 2. The van der Waals surface area contributed by atoms with Gasteiger partial charge in [-0.2, -0.15) is 0 Å². The molecule has 1 rings (SSSR count). The van der Waals surface area contributed by atoms with Gasteiger partial charge in [-0.3, -0.25) is 4.79 Å². The van der Waals surface area contributed by atoms with Gasteiger partial charge in [-0.1, -0.05) is 19.8 Å². The Kier molecular flexibility index (Phi) is 6.98. The molecule has 0 radical (unpaired) electrons. The van der Waals surface area contributed by atoms with E-state index in [1.807, 2.05) is 6.92 Å². The van der Waals surface area contributed by atoms with Gasteiger partial charge >= 0.3 is 0 Å². The van der Waals surface area contributed by atoms with E-state index in [2.05, 4.69) is 5.32 Å². The molecule has 0 heterocycles. The monoisotopic (exact) mass is 431 g/mol. The molecule has 0 saturated heterocycles. The van der Waals surface area contributed by atoms with Crippen LogP contribution in [-0.2, 0) is 14.6 Å². The average Bonchev–Trinajstić information content (AvgIpc) is 2.35. The number of hydrogen-bond donors (Lipinski definition) is 1. The Labute approximate surface area is 136 Å². The zero-order valence-corrected chi connectivity index (χ0v) is 14.4. The van der Waals surface area contributed by atoms with Crippen LogP contribution in [0.15, 0.2) is 12.1 Å². The van der Waals surface area contributed by atoms with Crippen LogP contribution in [-0.4, -0.2) is 25.8 Å². The molecule has 0 aliphatic rings. The Balaban J connectivity index is 2.65. The van der Waals surface area contributed by atoms with Crippen LogP contribution in [0.4, 0.5) is 14.5 Å². The molecule has 4 nitrogen and oxygen atoms in total. The summed E-state index contributed by atoms with van der Waals surface area (Å²) in [5.41, 5.74) is -0.0980. The van der Waals surface area contributed by atoms with Crippen molar-refractivity contribution in [1.29, 1.82) is 0 Å². The van der Waals surface area contributed by atoms with Gasteiger partial charge in [0.05, 0.1) is 9.32 Å². The van der Waals surface area contributed by atoms with Crippen LogP contribution in [0.1, 0.15) is 26.2 Å². The fraction of sp³-hybridized carbons (Fsp3) is 0.462. The summed E-state index contributed by atoms with van der Waals surface area (Å²) in [6, 6.07) is 1.90. The molecular weight excluding hydrogens is 415 g/mol. The Morgan fingerprint density at radius 1 is 1.24 bits per heavy atom. The van der Waals surface area contributed by atoms with Crippen molar-refractivity contribution in [3.05, 3.63) is 27.3 Å². The Hall–Kier alpha value is -0.770. The van der Waals surface area contributed by atoms with E-state index >= 15 is 0 Å². The highest BCUT2D eigenvalue weighted by Gasteiger charge is 2.17. The molecule has 0 saturated carbocycles. The fourth-order valence-corrected chi connectivity index (χ4v) is 3.24. The maximum atomic E-state index is 13.3. The van der Waals surface area contributed by atoms with Gasteiger partial charge in [0.15, 0.2) is 9.84 Å². The molecule has 0 fully saturated rings. The summed E-state index contributed by atoms with van der Waals surface area (Å²) in [6.07, 6.45) is 2.15. The number of halogens is 3. The van der Waals surface area contributed by atoms with Crippen LogP contribution in [0.2, 0.25) is 0 Å². The Bertz CT molecular complexity index is 597. The molecule has 0 spiro atoms. The molecule has 0 atom stereocenters. The molecule has 0 bridgehead atoms. The van der Waals surface area contributed by atoms with E-state index in [9.17, 15) is 22.0 Å². The van der Waals surface area contributed by atoms with Crippen molar-refractivity contribution in [2.45, 2.75) is 26.2 Å². The lowest BCUT2D eigenvalue weighted by Gasteiger charge is -2.07. The molecule has 0 unspecified atom stereocenters. The number of rotatable bonds is 7. The second kappa shape index (κ2) is 8.02. The molecule has 0 aliphatic carbocycles. The first-order valence-corrected chi connectivity index (χ1v) is 9.30. The first-order chi connectivity index (χ1) is 9.75. The van der Waals surface area contributed by atoms with Gasteiger partial charge in [0.1, 0.15) is 17.4 Å². The summed E-state index contributed by atoms with van der Waals surface area (Å²) in [7, 11) is -3.50. The maximum absolute atomic E-state index is 13.3. The predicted molar refractivity (Wildman–Crippen MR) is 85.9 cm³/mol. The predicted octanol–water partition coefficient (Wildman–Crippen LogP) is 3.11. The standard InChI is InChI=1S/C13H16F2INO3S/c1-2-3-4-5-21(19,20)8-12(18)17-9-6-10(14)13(16)11(15)7-9/h6-7H,2-5,8H2,1H3,(H,17,18). The zero-order chi connectivity index (χ0) is 16.0. The first kappa shape index (κ1) is 18.3. The number of sulfone groups is 1. The maximum Gasteiger partial charge on any atom is 0.239 e. The van der Waals surface area contributed by atoms with Gasteiger partial charge in [-0.05, 0) is 41.1 Å². The molecule has 118 valence electrons. The van der Waals surface area contributed by atoms with E-state index in [0.29, 0.717) is 6.42 Å². The number of hydrogen-bond acceptors (Lipinski definition) is 3. The topological polar surface area (TPSA) is 63.2 Å². The van der Waals surface area contributed by atoms with Crippen LogP contribution in [0.25, 0.3) is 0 Å². The van der Waals surface area contributed by atoms with Crippen LogP contribution in [0.5, 0.6) is 0 Å². The van der Waals surface area contributed by atoms with Gasteiger partial charge in [-0.15, -0.1) is 0 Å². The summed E-state index contributed by atoms with van der Waals surface area (Å²) in [6.45, 7) is 1.94. The number of nitrogens with one attached hydrogen (secondary N) is 1. The van der Waals surface area contributed by atoms with Gasteiger partial charge in [0, 0.05) is 5.69 Å². The van der Waals surface area contributed by atoms with Crippen molar-refractivity contribution >= 4 is 44.0 Å². The molecule has 1 aromatic carbocycles. The number of carbonyl (C=O) groups excluding carboxylic acids is 1. The third kappa shape index (κ3) is 6.25. The average molecular weight is 431 g/mol. The Morgan fingerprint density at radius 2 is 1.81 bits per heavy atom. The highest BCUT2D eigenvalue weighted by molar-refractivity contribution is 14.1. The molecule has 0 aromatic heterocycles. The molecule has 8 heteroatoms. The fourth-order valence-electron chi connectivity index (χ4n) is 1.67. The van der Waals surface area contributed by atoms with Crippen LogP contribution in [0.3, 0.4) is 0 Å². The lowest BCUT2D eigenvalue weighted by Crippen LogP contribution is -2.24. The second-order valence-corrected chi connectivity index (χ2v) is 7.86. The number of amides is 1. The summed E-state index contributed by atoms with van der Waals surface area (Å²) < 4.78 is 49.8. The van der Waals surface area contributed by atoms with Crippen LogP contribution < -0.4 is 5.32 Å². The smallest absolute Gasteiger partial charge is 0.239 e. The number of benzene rings is 1. The minimum absolute atomic E-state index is 0.0658. The molecule has 1 N–H and O–H groups in total. The summed E-state index contributed by atoms with van der Waals surface area (Å²) >= 11 is 1.50. The van der Waals surface area contributed by atoms with Crippen molar-refractivity contribution < 1.29 is 22.0 Å². The third-order valence-corrected chi connectivity index (χ3v) is 5.32. The molecule has 1 amide bonds. The van der Waals surface area contributed by atoms with E-state index in [0.717, 1.165) is 25.0 Å². The molecule has 1 aromatic rings. The van der Waals surface area contributed by atoms with E-state index in [1.54, 1.807) is 0 Å². The van der Waals surface area contributed by atoms with Crippen molar-refractivity contribution in [3.8, 4) is 0 Å². The lowest BCUT2D eigenvalue weighted by molar-refractivity contribution is -0.113. The first-order valence-electron chi connectivity index (χ1n) is 6.40. The summed E-state index contributed by atoms with van der Waals surface area (Å²) in [5.74, 6) is -3.17. The Morgan fingerprint density at radius 3 is 2.33 bits per heavy atom. The van der Waals surface area contributed by atoms with Gasteiger partial charge in [-0.25, -0.2) is 17.2 Å². The van der Waals surface area contributed by atoms with Crippen molar-refractivity contribution in [1.82, 2.24) is 0 Å². The van der Waals surface area contributed by atoms with Gasteiger partial charge in [0.2, 0.25) is 5.91 Å². The number of anilines is 1. The minimum atomic E-state index is -3.50. The number of carbonyl (C=O) groups is 1. The highest BCUT2D eigenvalue weighted by Crippen LogP contribution is 2.20. The quantitative estimate of drug-likeness (QED) is 0.410. The van der Waals surface area contributed by atoms with Crippen LogP contribution >= 0.6 is 22.6 Å². The largest absolute Gasteiger partial charge is 0.325 e. The lowest BCUT2D eigenvalue weighted by atomic mass is 10.3. The summed E-state index contributed by atoms with van der Waals surface area (Å²) in [5, 5.41) is 2.20. The zero-order valence-electron chi connectivity index (χ0n) is 11.5. The second-order valence-electron chi connectivity index (χ2n) is 4.60. The van der Waals surface area contributed by atoms with Gasteiger partial charge < -0.3 is 5.32 Å². The van der Waals surface area contributed by atoms with E-state index in [1.165, 1.54) is 22.6 Å². The van der Waals surface area contributed by atoms with E-state index in [-0.39, 0.29) is 15.0 Å². The molecule has 0 aliphatic heterocycles. The summed E-state index contributed by atoms with van der Waals surface area (Å²) in [4.78, 5) is 11.6. The highest BCUT2D eigenvalue weighted by atomic mass is 127. The van der Waals surface area contributed by atoms with Crippen LogP contribution in [0, 0.1) is 15.2 Å². The van der Waals surface area contributed by atoms with Gasteiger partial charge in [0.25, 0.3) is 0 Å². The normalized spacial score (nSPS) is 11.4. The molecular formula is C13H16F2INO3S. The van der Waals surface area contributed by atoms with Crippen molar-refractivity contribution in [2.75, 3.05) is 16.8 Å².